The van der Waals surface area contributed by atoms with Crippen molar-refractivity contribution in [3.05, 3.63) is 30.0 Å². The summed E-state index contributed by atoms with van der Waals surface area (Å²) in [5.74, 6) is 0.826. The fraction of sp³-hybridized carbons (Fsp3) is 0.250. The van der Waals surface area contributed by atoms with Crippen LogP contribution in [0, 0.1) is 0 Å². The highest BCUT2D eigenvalue weighted by Gasteiger charge is 2.04. The molecular weight excluding hydrogens is 232 g/mol. The van der Waals surface area contributed by atoms with Gasteiger partial charge in [0.05, 0.1) is 7.11 Å². The minimum atomic E-state index is -0.587. The summed E-state index contributed by atoms with van der Waals surface area (Å²) in [5.41, 5.74) is 12.2. The van der Waals surface area contributed by atoms with Gasteiger partial charge in [-0.25, -0.2) is 10.2 Å². The van der Waals surface area contributed by atoms with Crippen LogP contribution in [0.15, 0.2) is 24.4 Å². The molecule has 0 atom stereocenters. The quantitative estimate of drug-likeness (QED) is 0.468. The lowest BCUT2D eigenvalue weighted by atomic mass is 10.1. The topological polar surface area (TPSA) is 92.2 Å². The Labute approximate surface area is 104 Å². The maximum Gasteiger partial charge on any atom is 0.326 e. The molecule has 2 amide bonds. The highest BCUT2D eigenvalue weighted by atomic mass is 16.5. The van der Waals surface area contributed by atoms with Crippen LogP contribution in [0.2, 0.25) is 0 Å². The summed E-state index contributed by atoms with van der Waals surface area (Å²) in [6.07, 6.45) is 2.73. The lowest BCUT2D eigenvalue weighted by molar-refractivity contribution is 0.245. The van der Waals surface area contributed by atoms with Crippen molar-refractivity contribution < 1.29 is 9.53 Å². The first-order valence-electron chi connectivity index (χ1n) is 5.63. The van der Waals surface area contributed by atoms with Crippen LogP contribution in [0.25, 0.3) is 10.9 Å². The number of hydrogen-bond donors (Lipinski definition) is 4. The number of amides is 2. The van der Waals surface area contributed by atoms with Gasteiger partial charge in [0.1, 0.15) is 5.75 Å². The van der Waals surface area contributed by atoms with E-state index in [2.05, 4.69) is 15.8 Å². The van der Waals surface area contributed by atoms with Crippen LogP contribution >= 0.6 is 0 Å². The summed E-state index contributed by atoms with van der Waals surface area (Å²) in [6.45, 7) is 0.604. The normalized spacial score (nSPS) is 10.5. The first kappa shape index (κ1) is 12.3. The van der Waals surface area contributed by atoms with Gasteiger partial charge in [-0.05, 0) is 30.2 Å². The number of aromatic amines is 1. The Kier molecular flexibility index (Phi) is 3.69. The summed E-state index contributed by atoms with van der Waals surface area (Å²) >= 11 is 0. The second-order valence-electron chi connectivity index (χ2n) is 3.89. The number of ether oxygens (including phenoxy) is 1. The standard InChI is InChI=1S/C12H16N4O2/c1-18-9-2-3-11-10(6-9)8(7-14-11)4-5-15-16-12(13)17/h2-3,6-7,14-15H,4-5H2,1H3,(H3,13,16,17). The van der Waals surface area contributed by atoms with Gasteiger partial charge in [-0.15, -0.1) is 0 Å². The number of fused-ring (bicyclic) bond motifs is 1. The summed E-state index contributed by atoms with van der Waals surface area (Å²) in [4.78, 5) is 13.7. The van der Waals surface area contributed by atoms with Gasteiger partial charge in [0.2, 0.25) is 0 Å². The van der Waals surface area contributed by atoms with Gasteiger partial charge >= 0.3 is 6.03 Å². The molecule has 0 bridgehead atoms. The van der Waals surface area contributed by atoms with Crippen LogP contribution < -0.4 is 21.3 Å². The van der Waals surface area contributed by atoms with Crippen molar-refractivity contribution >= 4 is 16.9 Å². The van der Waals surface area contributed by atoms with Gasteiger partial charge in [0.25, 0.3) is 0 Å². The molecular formula is C12H16N4O2. The largest absolute Gasteiger partial charge is 0.497 e. The van der Waals surface area contributed by atoms with E-state index in [0.717, 1.165) is 28.6 Å². The summed E-state index contributed by atoms with van der Waals surface area (Å²) < 4.78 is 5.20. The number of methoxy groups -OCH3 is 1. The summed E-state index contributed by atoms with van der Waals surface area (Å²) in [5, 5.41) is 1.12. The highest BCUT2D eigenvalue weighted by molar-refractivity contribution is 5.84. The minimum absolute atomic E-state index is 0.587. The molecule has 5 N–H and O–H groups in total. The number of primary amides is 1. The molecule has 0 unspecified atom stereocenters. The average molecular weight is 248 g/mol. The van der Waals surface area contributed by atoms with Crippen molar-refractivity contribution in [3.8, 4) is 5.75 Å². The molecule has 18 heavy (non-hydrogen) atoms. The summed E-state index contributed by atoms with van der Waals surface area (Å²) in [7, 11) is 1.64. The average Bonchev–Trinajstić information content (AvgIpc) is 2.76. The smallest absolute Gasteiger partial charge is 0.326 e. The van der Waals surface area contributed by atoms with Gasteiger partial charge in [0, 0.05) is 23.6 Å². The van der Waals surface area contributed by atoms with Crippen molar-refractivity contribution in [2.75, 3.05) is 13.7 Å². The van der Waals surface area contributed by atoms with Crippen molar-refractivity contribution in [2.24, 2.45) is 5.73 Å². The highest BCUT2D eigenvalue weighted by Crippen LogP contribution is 2.23. The van der Waals surface area contributed by atoms with E-state index in [9.17, 15) is 4.79 Å². The van der Waals surface area contributed by atoms with Crippen LogP contribution in [0.1, 0.15) is 5.56 Å². The van der Waals surface area contributed by atoms with Crippen LogP contribution in [0.4, 0.5) is 4.79 Å². The van der Waals surface area contributed by atoms with Crippen molar-refractivity contribution in [1.29, 1.82) is 0 Å². The van der Waals surface area contributed by atoms with Crippen molar-refractivity contribution in [3.63, 3.8) is 0 Å². The van der Waals surface area contributed by atoms with Crippen LogP contribution in [-0.4, -0.2) is 24.7 Å². The predicted molar refractivity (Wildman–Crippen MR) is 69.3 cm³/mol. The third kappa shape index (κ3) is 2.72. The SMILES string of the molecule is COc1ccc2[nH]cc(CCNNC(N)=O)c2c1. The molecule has 1 heterocycles. The van der Waals surface area contributed by atoms with E-state index in [1.807, 2.05) is 24.4 Å². The summed E-state index contributed by atoms with van der Waals surface area (Å²) in [6, 6.07) is 5.29. The number of hydrazine groups is 1. The molecule has 0 radical (unpaired) electrons. The Morgan fingerprint density at radius 3 is 3.06 bits per heavy atom. The number of nitrogens with one attached hydrogen (secondary N) is 3. The van der Waals surface area contributed by atoms with E-state index in [1.165, 1.54) is 0 Å². The zero-order chi connectivity index (χ0) is 13.0. The number of H-pyrrole nitrogens is 1. The number of aromatic nitrogens is 1. The molecule has 2 aromatic rings. The van der Waals surface area contributed by atoms with Crippen molar-refractivity contribution in [1.82, 2.24) is 15.8 Å². The Morgan fingerprint density at radius 1 is 1.50 bits per heavy atom. The first-order valence-corrected chi connectivity index (χ1v) is 5.63. The van der Waals surface area contributed by atoms with Gasteiger partial charge in [0.15, 0.2) is 0 Å². The lowest BCUT2D eigenvalue weighted by Crippen LogP contribution is -2.41. The van der Waals surface area contributed by atoms with Gasteiger partial charge in [-0.3, -0.25) is 5.43 Å². The number of hydrogen-bond acceptors (Lipinski definition) is 3. The molecule has 6 heteroatoms. The van der Waals surface area contributed by atoms with E-state index in [4.69, 9.17) is 10.5 Å². The molecule has 0 spiro atoms. The van der Waals surface area contributed by atoms with Gasteiger partial charge < -0.3 is 15.5 Å². The molecule has 1 aromatic heterocycles. The molecule has 6 nitrogen and oxygen atoms in total. The zero-order valence-electron chi connectivity index (χ0n) is 10.1. The fourth-order valence-electron chi connectivity index (χ4n) is 1.84. The number of rotatable bonds is 5. The second kappa shape index (κ2) is 5.42. The van der Waals surface area contributed by atoms with Crippen LogP contribution in [0.5, 0.6) is 5.75 Å². The number of nitrogens with two attached hydrogens (primary N) is 1. The van der Waals surface area contributed by atoms with E-state index >= 15 is 0 Å². The maximum absolute atomic E-state index is 10.5. The number of urea groups is 1. The molecule has 96 valence electrons. The molecule has 1 aromatic carbocycles. The third-order valence-corrected chi connectivity index (χ3v) is 2.71. The zero-order valence-corrected chi connectivity index (χ0v) is 10.1. The number of benzene rings is 1. The van der Waals surface area contributed by atoms with Gasteiger partial charge in [-0.1, -0.05) is 0 Å². The Hall–Kier alpha value is -2.21. The predicted octanol–water partition coefficient (Wildman–Crippen LogP) is 0.892. The Bertz CT molecular complexity index is 550. The van der Waals surface area contributed by atoms with E-state index in [-0.39, 0.29) is 0 Å². The molecule has 0 aliphatic heterocycles. The fourth-order valence-corrected chi connectivity index (χ4v) is 1.84. The van der Waals surface area contributed by atoms with E-state index in [0.29, 0.717) is 6.54 Å². The van der Waals surface area contributed by atoms with Crippen LogP contribution in [0.3, 0.4) is 0 Å². The molecule has 0 fully saturated rings. The Balaban J connectivity index is 2.06. The van der Waals surface area contributed by atoms with Crippen molar-refractivity contribution in [2.45, 2.75) is 6.42 Å². The number of carbonyl (C=O) groups is 1. The first-order chi connectivity index (χ1) is 8.70. The van der Waals surface area contributed by atoms with Crippen LogP contribution in [-0.2, 0) is 6.42 Å². The third-order valence-electron chi connectivity index (χ3n) is 2.71. The molecule has 0 aliphatic carbocycles. The molecule has 0 aliphatic rings. The monoisotopic (exact) mass is 248 g/mol. The molecule has 0 saturated carbocycles. The lowest BCUT2D eigenvalue weighted by Gasteiger charge is -2.04. The van der Waals surface area contributed by atoms with E-state index in [1.54, 1.807) is 7.11 Å². The molecule has 2 rings (SSSR count). The minimum Gasteiger partial charge on any atom is -0.497 e. The number of carbonyl (C=O) groups excluding carboxylic acids is 1. The second-order valence-corrected chi connectivity index (χ2v) is 3.89. The molecule has 0 saturated heterocycles. The Morgan fingerprint density at radius 2 is 2.33 bits per heavy atom. The maximum atomic E-state index is 10.5. The van der Waals surface area contributed by atoms with E-state index < -0.39 is 6.03 Å². The van der Waals surface area contributed by atoms with Gasteiger partial charge in [-0.2, -0.15) is 0 Å².